The molecule has 28 heavy (non-hydrogen) atoms. The minimum absolute atomic E-state index is 0.0911. The number of aromatic amines is 1. The quantitative estimate of drug-likeness (QED) is 0.705. The summed E-state index contributed by atoms with van der Waals surface area (Å²) in [5, 5.41) is 8.89. The first-order valence-corrected chi connectivity index (χ1v) is 9.48. The molecule has 0 bridgehead atoms. The van der Waals surface area contributed by atoms with Crippen LogP contribution >= 0.6 is 0 Å². The van der Waals surface area contributed by atoms with Gasteiger partial charge in [0.1, 0.15) is 11.4 Å². The Morgan fingerprint density at radius 1 is 1.14 bits per heavy atom. The normalized spacial score (nSPS) is 16.9. The number of fused-ring (bicyclic) bond motifs is 1. The minimum Gasteiger partial charge on any atom is -0.497 e. The number of rotatable bonds is 4. The van der Waals surface area contributed by atoms with Gasteiger partial charge in [0.25, 0.3) is 5.91 Å². The van der Waals surface area contributed by atoms with Crippen LogP contribution in [-0.4, -0.2) is 47.0 Å². The Morgan fingerprint density at radius 2 is 1.93 bits per heavy atom. The van der Waals surface area contributed by atoms with Crippen molar-refractivity contribution in [2.45, 2.75) is 19.8 Å². The lowest BCUT2D eigenvalue weighted by Gasteiger charge is -2.31. The first kappa shape index (κ1) is 18.2. The lowest BCUT2D eigenvalue weighted by atomic mass is 9.89. The summed E-state index contributed by atoms with van der Waals surface area (Å²) in [4.78, 5) is 27.5. The molecule has 1 aromatic heterocycles. The highest BCUT2D eigenvalue weighted by molar-refractivity contribution is 6.02. The van der Waals surface area contributed by atoms with Crippen LogP contribution in [0.4, 0.5) is 0 Å². The van der Waals surface area contributed by atoms with Crippen molar-refractivity contribution in [1.82, 2.24) is 15.1 Å². The lowest BCUT2D eigenvalue weighted by molar-refractivity contribution is 0.0632. The summed E-state index contributed by atoms with van der Waals surface area (Å²) in [7, 11) is 1.64. The number of hydrogen-bond acceptors (Lipinski definition) is 4. The van der Waals surface area contributed by atoms with Crippen LogP contribution in [0.1, 0.15) is 39.4 Å². The molecule has 1 aliphatic rings. The van der Waals surface area contributed by atoms with Crippen molar-refractivity contribution in [1.29, 1.82) is 0 Å². The number of aromatic nitrogens is 2. The molecule has 0 unspecified atom stereocenters. The fraction of sp³-hybridized carbons (Fsp3) is 0.318. The van der Waals surface area contributed by atoms with Gasteiger partial charge >= 0.3 is 0 Å². The van der Waals surface area contributed by atoms with Gasteiger partial charge in [0, 0.05) is 30.3 Å². The average molecular weight is 377 g/mol. The summed E-state index contributed by atoms with van der Waals surface area (Å²) in [5.74, 6) is 0.580. The Balaban J connectivity index is 1.52. The van der Waals surface area contributed by atoms with Crippen molar-refractivity contribution >= 4 is 22.5 Å². The summed E-state index contributed by atoms with van der Waals surface area (Å²) in [6.45, 7) is 2.96. The lowest BCUT2D eigenvalue weighted by Crippen LogP contribution is -2.42. The van der Waals surface area contributed by atoms with Crippen molar-refractivity contribution in [2.75, 3.05) is 20.2 Å². The van der Waals surface area contributed by atoms with Crippen LogP contribution in [0.3, 0.4) is 0 Å². The summed E-state index contributed by atoms with van der Waals surface area (Å²) in [6.07, 6.45) is 1.61. The molecule has 0 spiro atoms. The Labute approximate surface area is 163 Å². The summed E-state index contributed by atoms with van der Waals surface area (Å²) < 4.78 is 5.26. The number of nitrogens with zero attached hydrogens (tertiary/aromatic N) is 2. The molecule has 1 N–H and O–H groups in total. The van der Waals surface area contributed by atoms with Gasteiger partial charge in [-0.3, -0.25) is 14.7 Å². The topological polar surface area (TPSA) is 75.3 Å². The predicted molar refractivity (Wildman–Crippen MR) is 107 cm³/mol. The molecule has 0 radical (unpaired) electrons. The smallest absolute Gasteiger partial charge is 0.274 e. The van der Waals surface area contributed by atoms with Gasteiger partial charge in [0.2, 0.25) is 0 Å². The Morgan fingerprint density at radius 3 is 2.68 bits per heavy atom. The van der Waals surface area contributed by atoms with Crippen LogP contribution in [0.5, 0.6) is 5.75 Å². The molecule has 1 amide bonds. The molecule has 2 heterocycles. The number of Topliss-reactive ketones (excluding diaryl/α,β-unsaturated/α-hetero) is 1. The van der Waals surface area contributed by atoms with Gasteiger partial charge in [-0.25, -0.2) is 0 Å². The molecule has 144 valence electrons. The molecule has 1 saturated heterocycles. The maximum atomic E-state index is 13.1. The van der Waals surface area contributed by atoms with Crippen molar-refractivity contribution in [3.05, 3.63) is 59.4 Å². The number of methoxy groups -OCH3 is 1. The molecule has 4 rings (SSSR count). The number of ketones is 1. The van der Waals surface area contributed by atoms with E-state index in [0.717, 1.165) is 35.1 Å². The van der Waals surface area contributed by atoms with Gasteiger partial charge in [-0.15, -0.1) is 0 Å². The predicted octanol–water partition coefficient (Wildman–Crippen LogP) is 3.62. The van der Waals surface area contributed by atoms with Crippen molar-refractivity contribution in [3.63, 3.8) is 0 Å². The molecular formula is C22H23N3O3. The molecule has 6 heteroatoms. The Hall–Kier alpha value is -3.15. The number of nitrogens with one attached hydrogen (secondary N) is 1. The van der Waals surface area contributed by atoms with E-state index < -0.39 is 0 Å². The number of amides is 1. The van der Waals surface area contributed by atoms with E-state index in [2.05, 4.69) is 10.2 Å². The van der Waals surface area contributed by atoms with Gasteiger partial charge in [-0.1, -0.05) is 18.2 Å². The van der Waals surface area contributed by atoms with Crippen LogP contribution < -0.4 is 4.74 Å². The highest BCUT2D eigenvalue weighted by Gasteiger charge is 2.30. The summed E-state index contributed by atoms with van der Waals surface area (Å²) in [6, 6.07) is 13.3. The minimum atomic E-state index is -0.187. The van der Waals surface area contributed by atoms with E-state index in [1.165, 1.54) is 0 Å². The third kappa shape index (κ3) is 3.50. The number of benzene rings is 2. The molecule has 2 aromatic carbocycles. The largest absolute Gasteiger partial charge is 0.497 e. The number of carbonyl (C=O) groups is 2. The van der Waals surface area contributed by atoms with E-state index >= 15 is 0 Å². The number of carbonyl (C=O) groups excluding carboxylic acids is 2. The highest BCUT2D eigenvalue weighted by Crippen LogP contribution is 2.26. The first-order chi connectivity index (χ1) is 13.5. The van der Waals surface area contributed by atoms with Crippen molar-refractivity contribution < 1.29 is 14.3 Å². The third-order valence-corrected chi connectivity index (χ3v) is 5.34. The van der Waals surface area contributed by atoms with Gasteiger partial charge in [-0.05, 0) is 54.8 Å². The fourth-order valence-electron chi connectivity index (χ4n) is 3.80. The highest BCUT2D eigenvalue weighted by atomic mass is 16.5. The molecule has 1 fully saturated rings. The van der Waals surface area contributed by atoms with Crippen molar-refractivity contribution in [2.24, 2.45) is 5.92 Å². The zero-order chi connectivity index (χ0) is 19.7. The molecule has 0 aliphatic carbocycles. The van der Waals surface area contributed by atoms with Crippen molar-refractivity contribution in [3.8, 4) is 5.75 Å². The maximum absolute atomic E-state index is 13.1. The maximum Gasteiger partial charge on any atom is 0.274 e. The zero-order valence-electron chi connectivity index (χ0n) is 16.1. The van der Waals surface area contributed by atoms with Gasteiger partial charge in [-0.2, -0.15) is 5.10 Å². The van der Waals surface area contributed by atoms with Crippen LogP contribution in [0, 0.1) is 12.8 Å². The van der Waals surface area contributed by atoms with Crippen LogP contribution in [0.25, 0.3) is 10.8 Å². The van der Waals surface area contributed by atoms with Gasteiger partial charge < -0.3 is 9.64 Å². The van der Waals surface area contributed by atoms with Gasteiger partial charge in [0.05, 0.1) is 7.11 Å². The second kappa shape index (κ2) is 7.46. The number of piperidine rings is 1. The second-order valence-electron chi connectivity index (χ2n) is 7.32. The molecule has 3 aromatic rings. The number of ether oxygens (including phenoxy) is 1. The Bertz CT molecular complexity index is 1040. The number of H-pyrrole nitrogens is 1. The number of likely N-dealkylation sites (tertiary alicyclic amines) is 1. The number of hydrogen-bond donors (Lipinski definition) is 1. The summed E-state index contributed by atoms with van der Waals surface area (Å²) in [5.41, 5.74) is 1.94. The molecule has 0 saturated carbocycles. The molecule has 1 aliphatic heterocycles. The van der Waals surface area contributed by atoms with E-state index in [9.17, 15) is 9.59 Å². The second-order valence-corrected chi connectivity index (χ2v) is 7.32. The van der Waals surface area contributed by atoms with E-state index in [4.69, 9.17) is 4.74 Å². The number of aryl methyl sites for hydroxylation is 1. The standard InChI is InChI=1S/C22H23N3O3/c1-14-10-20(24-23-14)22(27)25-9-3-4-18(13-25)21(26)17-6-5-16-12-19(28-2)8-7-15(16)11-17/h5-8,10-12,18H,3-4,9,13H2,1-2H3,(H,23,24)/t18-/m0/s1. The van der Waals surface area contributed by atoms with E-state index in [-0.39, 0.29) is 17.6 Å². The van der Waals surface area contributed by atoms with E-state index in [1.54, 1.807) is 18.1 Å². The van der Waals surface area contributed by atoms with E-state index in [1.807, 2.05) is 43.3 Å². The summed E-state index contributed by atoms with van der Waals surface area (Å²) >= 11 is 0. The van der Waals surface area contributed by atoms with Crippen LogP contribution in [0.15, 0.2) is 42.5 Å². The SMILES string of the molecule is COc1ccc2cc(C(=O)[C@H]3CCCN(C(=O)c4cc(C)[nH]n4)C3)ccc2c1. The van der Waals surface area contributed by atoms with Crippen LogP contribution in [-0.2, 0) is 0 Å². The first-order valence-electron chi connectivity index (χ1n) is 9.48. The molecule has 6 nitrogen and oxygen atoms in total. The average Bonchev–Trinajstić information content (AvgIpc) is 3.18. The molecular weight excluding hydrogens is 354 g/mol. The molecule has 1 atom stereocenters. The van der Waals surface area contributed by atoms with Crippen LogP contribution in [0.2, 0.25) is 0 Å². The zero-order valence-corrected chi connectivity index (χ0v) is 16.1. The fourth-order valence-corrected chi connectivity index (χ4v) is 3.80. The monoisotopic (exact) mass is 377 g/mol. The van der Waals surface area contributed by atoms with E-state index in [0.29, 0.717) is 24.3 Å². The van der Waals surface area contributed by atoms with Gasteiger partial charge in [0.15, 0.2) is 5.78 Å². The Kier molecular flexibility index (Phi) is 4.86. The third-order valence-electron chi connectivity index (χ3n) is 5.34.